The molecule has 1 N–H and O–H groups in total. The van der Waals surface area contributed by atoms with Gasteiger partial charge in [-0.15, -0.1) is 11.3 Å². The Bertz CT molecular complexity index is 873. The van der Waals surface area contributed by atoms with Gasteiger partial charge in [0.25, 0.3) is 5.91 Å². The van der Waals surface area contributed by atoms with E-state index in [1.54, 1.807) is 6.07 Å². The van der Waals surface area contributed by atoms with Crippen LogP contribution < -0.4 is 5.32 Å². The van der Waals surface area contributed by atoms with E-state index in [4.69, 9.17) is 4.42 Å². The second-order valence-corrected chi connectivity index (χ2v) is 6.72. The molecule has 0 unspecified atom stereocenters. The van der Waals surface area contributed by atoms with Crippen molar-refractivity contribution in [2.45, 2.75) is 40.7 Å². The van der Waals surface area contributed by atoms with Crippen molar-refractivity contribution in [1.82, 2.24) is 9.55 Å². The molecule has 0 aliphatic heterocycles. The molecule has 0 aliphatic carbocycles. The average Bonchev–Trinajstić information content (AvgIpc) is 3.23. The Labute approximate surface area is 145 Å². The molecule has 0 aliphatic rings. The maximum absolute atomic E-state index is 12.2. The number of thiazole rings is 1. The fourth-order valence-corrected chi connectivity index (χ4v) is 3.55. The predicted molar refractivity (Wildman–Crippen MR) is 96.7 cm³/mol. The van der Waals surface area contributed by atoms with Crippen LogP contribution in [0.3, 0.4) is 0 Å². The number of nitrogens with one attached hydrogen (secondary N) is 1. The fourth-order valence-electron chi connectivity index (χ4n) is 2.84. The lowest BCUT2D eigenvalue weighted by molar-refractivity contribution is 0.0996. The third-order valence-electron chi connectivity index (χ3n) is 4.09. The maximum Gasteiger partial charge on any atom is 0.293 e. The third-order valence-corrected chi connectivity index (χ3v) is 4.85. The van der Waals surface area contributed by atoms with Gasteiger partial charge in [0.05, 0.1) is 12.0 Å². The number of hydrogen-bond donors (Lipinski definition) is 1. The zero-order valence-electron chi connectivity index (χ0n) is 14.3. The molecule has 3 rings (SSSR count). The molecule has 5 nitrogen and oxygen atoms in total. The van der Waals surface area contributed by atoms with Crippen LogP contribution in [0.15, 0.2) is 28.2 Å². The molecular formula is C18H21N3O2S. The SMILES string of the molecule is CCCn1c(C)cc(-c2csc(NC(=O)c3occc3C)n2)c1C. The fraction of sp³-hybridized carbons (Fsp3) is 0.333. The molecule has 0 bridgehead atoms. The van der Waals surface area contributed by atoms with E-state index in [1.165, 1.54) is 29.0 Å². The van der Waals surface area contributed by atoms with Crippen molar-refractivity contribution in [2.24, 2.45) is 0 Å². The highest BCUT2D eigenvalue weighted by molar-refractivity contribution is 7.14. The first-order chi connectivity index (χ1) is 11.5. The second-order valence-electron chi connectivity index (χ2n) is 5.86. The largest absolute Gasteiger partial charge is 0.459 e. The number of anilines is 1. The van der Waals surface area contributed by atoms with Crippen LogP contribution in [0.2, 0.25) is 0 Å². The highest BCUT2D eigenvalue weighted by Gasteiger charge is 2.17. The minimum atomic E-state index is -0.269. The van der Waals surface area contributed by atoms with E-state index in [0.717, 1.165) is 29.8 Å². The van der Waals surface area contributed by atoms with Gasteiger partial charge in [0.15, 0.2) is 10.9 Å². The van der Waals surface area contributed by atoms with Gasteiger partial charge in [-0.05, 0) is 39.3 Å². The summed E-state index contributed by atoms with van der Waals surface area (Å²) in [5.74, 6) is 0.0581. The van der Waals surface area contributed by atoms with Gasteiger partial charge < -0.3 is 8.98 Å². The number of aryl methyl sites for hydroxylation is 2. The van der Waals surface area contributed by atoms with Gasteiger partial charge in [-0.3, -0.25) is 10.1 Å². The molecule has 0 atom stereocenters. The summed E-state index contributed by atoms with van der Waals surface area (Å²) >= 11 is 1.42. The van der Waals surface area contributed by atoms with Crippen molar-refractivity contribution < 1.29 is 9.21 Å². The lowest BCUT2D eigenvalue weighted by atomic mass is 10.2. The van der Waals surface area contributed by atoms with Crippen LogP contribution in [0.25, 0.3) is 11.3 Å². The van der Waals surface area contributed by atoms with Crippen LogP contribution >= 0.6 is 11.3 Å². The molecule has 0 fully saturated rings. The topological polar surface area (TPSA) is 60.1 Å². The van der Waals surface area contributed by atoms with E-state index in [9.17, 15) is 4.79 Å². The lowest BCUT2D eigenvalue weighted by Gasteiger charge is -2.07. The molecule has 3 aromatic rings. The van der Waals surface area contributed by atoms with Crippen LogP contribution in [-0.2, 0) is 6.54 Å². The number of hydrogen-bond acceptors (Lipinski definition) is 4. The molecule has 0 radical (unpaired) electrons. The molecule has 126 valence electrons. The smallest absolute Gasteiger partial charge is 0.293 e. The third kappa shape index (κ3) is 3.01. The number of nitrogens with zero attached hydrogens (tertiary/aromatic N) is 2. The van der Waals surface area contributed by atoms with E-state index in [0.29, 0.717) is 10.9 Å². The van der Waals surface area contributed by atoms with Gasteiger partial charge in [-0.25, -0.2) is 4.98 Å². The minimum absolute atomic E-state index is 0.269. The highest BCUT2D eigenvalue weighted by atomic mass is 32.1. The molecule has 24 heavy (non-hydrogen) atoms. The molecule has 6 heteroatoms. The number of carbonyl (C=O) groups is 1. The number of aromatic nitrogens is 2. The summed E-state index contributed by atoms with van der Waals surface area (Å²) in [6.45, 7) is 9.24. The van der Waals surface area contributed by atoms with Crippen LogP contribution in [0.4, 0.5) is 5.13 Å². The normalized spacial score (nSPS) is 11.0. The Morgan fingerprint density at radius 3 is 2.83 bits per heavy atom. The van der Waals surface area contributed by atoms with E-state index in [2.05, 4.69) is 41.7 Å². The Morgan fingerprint density at radius 1 is 1.38 bits per heavy atom. The first-order valence-corrected chi connectivity index (χ1v) is 8.87. The molecular weight excluding hydrogens is 322 g/mol. The molecule has 3 heterocycles. The lowest BCUT2D eigenvalue weighted by Crippen LogP contribution is -2.11. The van der Waals surface area contributed by atoms with E-state index in [1.807, 2.05) is 12.3 Å². The summed E-state index contributed by atoms with van der Waals surface area (Å²) in [6, 6.07) is 3.92. The Morgan fingerprint density at radius 2 is 2.17 bits per heavy atom. The van der Waals surface area contributed by atoms with E-state index >= 15 is 0 Å². The van der Waals surface area contributed by atoms with E-state index in [-0.39, 0.29) is 5.91 Å². The summed E-state index contributed by atoms with van der Waals surface area (Å²) < 4.78 is 7.52. The zero-order valence-corrected chi connectivity index (χ0v) is 15.2. The van der Waals surface area contributed by atoms with Crippen molar-refractivity contribution in [3.05, 3.63) is 46.5 Å². The van der Waals surface area contributed by atoms with Crippen LogP contribution in [-0.4, -0.2) is 15.5 Å². The summed E-state index contributed by atoms with van der Waals surface area (Å²) in [5.41, 5.74) is 5.26. The second kappa shape index (κ2) is 6.65. The highest BCUT2D eigenvalue weighted by Crippen LogP contribution is 2.30. The Hall–Kier alpha value is -2.34. The molecule has 0 saturated heterocycles. The van der Waals surface area contributed by atoms with Crippen molar-refractivity contribution in [2.75, 3.05) is 5.32 Å². The number of rotatable bonds is 5. The van der Waals surface area contributed by atoms with Crippen molar-refractivity contribution in [1.29, 1.82) is 0 Å². The molecule has 0 saturated carbocycles. The first-order valence-electron chi connectivity index (χ1n) is 7.99. The molecule has 0 aromatic carbocycles. The Kier molecular flexibility index (Phi) is 4.57. The van der Waals surface area contributed by atoms with Crippen molar-refractivity contribution in [3.63, 3.8) is 0 Å². The van der Waals surface area contributed by atoms with Gasteiger partial charge in [-0.1, -0.05) is 6.92 Å². The predicted octanol–water partition coefficient (Wildman–Crippen LogP) is 4.79. The Balaban J connectivity index is 1.82. The van der Waals surface area contributed by atoms with Gasteiger partial charge in [0.1, 0.15) is 0 Å². The van der Waals surface area contributed by atoms with Gasteiger partial charge in [0, 0.05) is 34.4 Å². The minimum Gasteiger partial charge on any atom is -0.459 e. The molecule has 3 aromatic heterocycles. The summed E-state index contributed by atoms with van der Waals surface area (Å²) in [7, 11) is 0. The van der Waals surface area contributed by atoms with E-state index < -0.39 is 0 Å². The molecule has 1 amide bonds. The van der Waals surface area contributed by atoms with Crippen molar-refractivity contribution in [3.8, 4) is 11.3 Å². The van der Waals surface area contributed by atoms with Gasteiger partial charge in [0.2, 0.25) is 0 Å². The monoisotopic (exact) mass is 343 g/mol. The van der Waals surface area contributed by atoms with Gasteiger partial charge in [-0.2, -0.15) is 0 Å². The quantitative estimate of drug-likeness (QED) is 0.724. The summed E-state index contributed by atoms with van der Waals surface area (Å²) in [4.78, 5) is 16.8. The summed E-state index contributed by atoms with van der Waals surface area (Å²) in [6.07, 6.45) is 2.61. The van der Waals surface area contributed by atoms with Crippen LogP contribution in [0.1, 0.15) is 40.9 Å². The molecule has 0 spiro atoms. The average molecular weight is 343 g/mol. The maximum atomic E-state index is 12.2. The number of amides is 1. The number of carbonyl (C=O) groups excluding carboxylic acids is 1. The zero-order chi connectivity index (χ0) is 17.3. The van der Waals surface area contributed by atoms with Crippen molar-refractivity contribution >= 4 is 22.4 Å². The standard InChI is InChI=1S/C18H21N3O2S/c1-5-7-21-12(3)9-14(13(21)4)15-10-24-18(19-15)20-17(22)16-11(2)6-8-23-16/h6,8-10H,5,7H2,1-4H3,(H,19,20,22). The number of furan rings is 1. The van der Waals surface area contributed by atoms with Crippen LogP contribution in [0, 0.1) is 20.8 Å². The first kappa shape index (κ1) is 16.5. The van der Waals surface area contributed by atoms with Crippen LogP contribution in [0.5, 0.6) is 0 Å². The van der Waals surface area contributed by atoms with Gasteiger partial charge >= 0.3 is 0 Å². The summed E-state index contributed by atoms with van der Waals surface area (Å²) in [5, 5.41) is 5.36.